The van der Waals surface area contributed by atoms with Crippen LogP contribution in [0.25, 0.3) is 0 Å². The molecule has 0 aromatic heterocycles. The lowest BCUT2D eigenvalue weighted by Crippen LogP contribution is -2.29. The van der Waals surface area contributed by atoms with Gasteiger partial charge < -0.3 is 15.4 Å². The molecule has 2 aromatic rings. The molecule has 0 aliphatic heterocycles. The van der Waals surface area contributed by atoms with Crippen LogP contribution in [-0.4, -0.2) is 25.5 Å². The van der Waals surface area contributed by atoms with Crippen molar-refractivity contribution in [2.75, 3.05) is 19.0 Å². The summed E-state index contributed by atoms with van der Waals surface area (Å²) in [6.07, 6.45) is 1.31. The molecule has 1 saturated carbocycles. The Balaban J connectivity index is 1.42. The van der Waals surface area contributed by atoms with Gasteiger partial charge in [-0.15, -0.1) is 0 Å². The number of carbonyl (C=O) groups is 2. The Morgan fingerprint density at radius 1 is 1.08 bits per heavy atom. The molecule has 26 heavy (non-hydrogen) atoms. The Kier molecular flexibility index (Phi) is 5.78. The number of halogens is 1. The van der Waals surface area contributed by atoms with Crippen LogP contribution in [0.3, 0.4) is 0 Å². The number of methoxy groups -OCH3 is 1. The fourth-order valence-corrected chi connectivity index (χ4v) is 3.00. The maximum absolute atomic E-state index is 12.2. The zero-order valence-electron chi connectivity index (χ0n) is 14.5. The molecule has 0 radical (unpaired) electrons. The van der Waals surface area contributed by atoms with E-state index in [4.69, 9.17) is 16.3 Å². The first-order chi connectivity index (χ1) is 12.6. The van der Waals surface area contributed by atoms with Gasteiger partial charge in [-0.3, -0.25) is 9.59 Å². The summed E-state index contributed by atoms with van der Waals surface area (Å²) in [5, 5.41) is 6.18. The van der Waals surface area contributed by atoms with Crippen LogP contribution in [0.1, 0.15) is 12.0 Å². The predicted octanol–water partition coefficient (Wildman–Crippen LogP) is 3.28. The van der Waals surface area contributed by atoms with Crippen LogP contribution in [0.5, 0.6) is 5.75 Å². The monoisotopic (exact) mass is 372 g/mol. The summed E-state index contributed by atoms with van der Waals surface area (Å²) in [6.45, 7) is 0.542. The molecule has 0 saturated heterocycles. The van der Waals surface area contributed by atoms with Gasteiger partial charge in [0.15, 0.2) is 0 Å². The van der Waals surface area contributed by atoms with Crippen LogP contribution >= 0.6 is 11.6 Å². The smallest absolute Gasteiger partial charge is 0.228 e. The van der Waals surface area contributed by atoms with Crippen molar-refractivity contribution in [3.63, 3.8) is 0 Å². The molecule has 0 heterocycles. The molecule has 136 valence electrons. The minimum absolute atomic E-state index is 0.0715. The van der Waals surface area contributed by atoms with Gasteiger partial charge in [0.05, 0.1) is 29.7 Å². The summed E-state index contributed by atoms with van der Waals surface area (Å²) in [6, 6.07) is 14.8. The zero-order chi connectivity index (χ0) is 18.5. The standard InChI is InChI=1S/C20H21ClN2O3/c1-26-14-8-6-13(7-9-14)10-11-22-19(24)15-12-16(15)20(25)23-18-5-3-2-4-17(18)21/h2-9,15-16H,10-12H2,1H3,(H,22,24)(H,23,25). The lowest BCUT2D eigenvalue weighted by molar-refractivity contribution is -0.125. The van der Waals surface area contributed by atoms with E-state index >= 15 is 0 Å². The van der Waals surface area contributed by atoms with Gasteiger partial charge in [0.2, 0.25) is 11.8 Å². The normalized spacial score (nSPS) is 18.1. The van der Waals surface area contributed by atoms with Gasteiger partial charge in [-0.05, 0) is 42.7 Å². The van der Waals surface area contributed by atoms with E-state index in [0.717, 1.165) is 17.7 Å². The zero-order valence-corrected chi connectivity index (χ0v) is 15.3. The van der Waals surface area contributed by atoms with E-state index in [1.807, 2.05) is 24.3 Å². The van der Waals surface area contributed by atoms with Gasteiger partial charge >= 0.3 is 0 Å². The fourth-order valence-electron chi connectivity index (χ4n) is 2.82. The molecule has 2 aromatic carbocycles. The summed E-state index contributed by atoms with van der Waals surface area (Å²) >= 11 is 6.04. The highest BCUT2D eigenvalue weighted by Gasteiger charge is 2.47. The fraction of sp³-hybridized carbons (Fsp3) is 0.300. The van der Waals surface area contributed by atoms with Crippen LogP contribution in [0.15, 0.2) is 48.5 Å². The number of ether oxygens (including phenoxy) is 1. The summed E-state index contributed by atoms with van der Waals surface area (Å²) in [5.41, 5.74) is 1.69. The average Bonchev–Trinajstić information content (AvgIpc) is 3.45. The Hall–Kier alpha value is -2.53. The molecule has 2 amide bonds. The van der Waals surface area contributed by atoms with E-state index in [2.05, 4.69) is 10.6 Å². The maximum Gasteiger partial charge on any atom is 0.228 e. The number of carbonyl (C=O) groups excluding carboxylic acids is 2. The number of amides is 2. The first-order valence-corrected chi connectivity index (χ1v) is 8.92. The molecule has 3 rings (SSSR count). The number of anilines is 1. The van der Waals surface area contributed by atoms with Crippen LogP contribution in [0.4, 0.5) is 5.69 Å². The second-order valence-electron chi connectivity index (χ2n) is 6.31. The molecule has 2 unspecified atom stereocenters. The third-order valence-electron chi connectivity index (χ3n) is 4.47. The Bertz CT molecular complexity index is 792. The topological polar surface area (TPSA) is 67.4 Å². The van der Waals surface area contributed by atoms with Crippen molar-refractivity contribution < 1.29 is 14.3 Å². The quantitative estimate of drug-likeness (QED) is 0.783. The van der Waals surface area contributed by atoms with Crippen molar-refractivity contribution in [2.24, 2.45) is 11.8 Å². The molecule has 2 N–H and O–H groups in total. The first-order valence-electron chi connectivity index (χ1n) is 8.54. The van der Waals surface area contributed by atoms with E-state index in [9.17, 15) is 9.59 Å². The minimum Gasteiger partial charge on any atom is -0.497 e. The van der Waals surface area contributed by atoms with E-state index in [1.165, 1.54) is 0 Å². The highest BCUT2D eigenvalue weighted by Crippen LogP contribution is 2.39. The van der Waals surface area contributed by atoms with E-state index in [0.29, 0.717) is 23.7 Å². The molecule has 1 aliphatic rings. The first kappa shape index (κ1) is 18.3. The number of nitrogens with one attached hydrogen (secondary N) is 2. The second kappa shape index (κ2) is 8.23. The summed E-state index contributed by atoms with van der Waals surface area (Å²) in [5.74, 6) is 0.0370. The van der Waals surface area contributed by atoms with Crippen molar-refractivity contribution in [2.45, 2.75) is 12.8 Å². The Labute approximate surface area is 157 Å². The third kappa shape index (κ3) is 4.55. The van der Waals surface area contributed by atoms with Gasteiger partial charge in [0, 0.05) is 6.54 Å². The molecule has 1 aliphatic carbocycles. The van der Waals surface area contributed by atoms with Gasteiger partial charge in [-0.25, -0.2) is 0 Å². The van der Waals surface area contributed by atoms with Gasteiger partial charge in [-0.1, -0.05) is 35.9 Å². The molecule has 0 spiro atoms. The van der Waals surface area contributed by atoms with Crippen molar-refractivity contribution >= 4 is 29.1 Å². The number of para-hydroxylation sites is 1. The van der Waals surface area contributed by atoms with Gasteiger partial charge in [0.1, 0.15) is 5.75 Å². The highest BCUT2D eigenvalue weighted by atomic mass is 35.5. The number of hydrogen-bond donors (Lipinski definition) is 2. The summed E-state index contributed by atoms with van der Waals surface area (Å²) < 4.78 is 5.12. The van der Waals surface area contributed by atoms with Crippen LogP contribution in [0, 0.1) is 11.8 Å². The second-order valence-corrected chi connectivity index (χ2v) is 6.71. The summed E-state index contributed by atoms with van der Waals surface area (Å²) in [7, 11) is 1.63. The number of hydrogen-bond acceptors (Lipinski definition) is 3. The average molecular weight is 373 g/mol. The lowest BCUT2D eigenvalue weighted by Gasteiger charge is -2.08. The minimum atomic E-state index is -0.285. The maximum atomic E-state index is 12.2. The molecular weight excluding hydrogens is 352 g/mol. The Morgan fingerprint density at radius 3 is 2.46 bits per heavy atom. The van der Waals surface area contributed by atoms with E-state index in [1.54, 1.807) is 31.4 Å². The Morgan fingerprint density at radius 2 is 1.77 bits per heavy atom. The van der Waals surface area contributed by atoms with Crippen molar-refractivity contribution in [3.8, 4) is 5.75 Å². The molecule has 0 bridgehead atoms. The largest absolute Gasteiger partial charge is 0.497 e. The van der Waals surface area contributed by atoms with Crippen LogP contribution in [0.2, 0.25) is 5.02 Å². The van der Waals surface area contributed by atoms with E-state index < -0.39 is 0 Å². The molecular formula is C20H21ClN2O3. The lowest BCUT2D eigenvalue weighted by atomic mass is 10.1. The van der Waals surface area contributed by atoms with Crippen molar-refractivity contribution in [3.05, 3.63) is 59.1 Å². The summed E-state index contributed by atoms with van der Waals surface area (Å²) in [4.78, 5) is 24.4. The molecule has 6 heteroatoms. The molecule has 1 fully saturated rings. The SMILES string of the molecule is COc1ccc(CCNC(=O)C2CC2C(=O)Nc2ccccc2Cl)cc1. The van der Waals surface area contributed by atoms with Crippen molar-refractivity contribution in [1.82, 2.24) is 5.32 Å². The van der Waals surface area contributed by atoms with Crippen LogP contribution < -0.4 is 15.4 Å². The number of benzene rings is 2. The number of rotatable bonds is 7. The van der Waals surface area contributed by atoms with Gasteiger partial charge in [0.25, 0.3) is 0 Å². The van der Waals surface area contributed by atoms with Gasteiger partial charge in [-0.2, -0.15) is 0 Å². The third-order valence-corrected chi connectivity index (χ3v) is 4.80. The van der Waals surface area contributed by atoms with E-state index in [-0.39, 0.29) is 23.7 Å². The van der Waals surface area contributed by atoms with Crippen LogP contribution in [-0.2, 0) is 16.0 Å². The predicted molar refractivity (Wildman–Crippen MR) is 101 cm³/mol. The molecule has 2 atom stereocenters. The highest BCUT2D eigenvalue weighted by molar-refractivity contribution is 6.33. The molecule has 5 nitrogen and oxygen atoms in total. The van der Waals surface area contributed by atoms with Crippen molar-refractivity contribution in [1.29, 1.82) is 0 Å².